The van der Waals surface area contributed by atoms with Crippen molar-refractivity contribution in [2.24, 2.45) is 0 Å². The molecule has 0 heterocycles. The Kier molecular flexibility index (Phi) is 4870. The van der Waals surface area contributed by atoms with Crippen molar-refractivity contribution < 1.29 is 0 Å². The number of hydrogen-bond acceptors (Lipinski definition) is 0. The van der Waals surface area contributed by atoms with Gasteiger partial charge in [-0.3, -0.25) is 0 Å². The Bertz CT molecular complexity index is 6.85. The average Bonchev–Trinajstić information content (AvgIpc) is 0. The summed E-state index contributed by atoms with van der Waals surface area (Å²) in [5, 5.41) is 0. The second kappa shape index (κ2) is 112. The first-order valence-electron chi connectivity index (χ1n) is 0. The SMILES string of the molecule is C.C.C.P.S. The highest BCUT2D eigenvalue weighted by molar-refractivity contribution is 7.59. The normalized spacial score (nSPS) is 0. The highest BCUT2D eigenvalue weighted by Gasteiger charge is -0.0755. The third kappa shape index (κ3) is 60.7. The maximum Gasteiger partial charge on any atom is -0.0776 e. The quantitative estimate of drug-likeness (QED) is 0.425. The fourth-order valence-electron chi connectivity index (χ4n) is 0. The lowest BCUT2D eigenvalue weighted by molar-refractivity contribution is 2.50. The van der Waals surface area contributed by atoms with Gasteiger partial charge in [-0.2, -0.15) is 23.4 Å². The van der Waals surface area contributed by atoms with Crippen LogP contribution in [0.3, 0.4) is 0 Å². The molecule has 40 valence electrons. The Balaban J connectivity index is 0. The summed E-state index contributed by atoms with van der Waals surface area (Å²) in [4.78, 5) is 0. The summed E-state index contributed by atoms with van der Waals surface area (Å²) >= 11 is 0. The summed E-state index contributed by atoms with van der Waals surface area (Å²) < 4.78 is 0. The van der Waals surface area contributed by atoms with Gasteiger partial charge in [-0.25, -0.2) is 0 Å². The highest BCUT2D eigenvalue weighted by atomic mass is 32.1. The second-order valence-corrected chi connectivity index (χ2v) is 0. The molecule has 0 spiro atoms. The van der Waals surface area contributed by atoms with Crippen LogP contribution in [-0.2, 0) is 0 Å². The van der Waals surface area contributed by atoms with Crippen LogP contribution in [0, 0.1) is 0 Å². The molecule has 0 aromatic rings. The lowest BCUT2D eigenvalue weighted by atomic mass is 12.0. The minimum atomic E-state index is 0. The molecule has 0 aliphatic rings. The lowest BCUT2D eigenvalue weighted by Crippen LogP contribution is 0.143. The molecular weight excluding hydrogens is 99.1 g/mol. The van der Waals surface area contributed by atoms with Crippen LogP contribution in [0.15, 0.2) is 0 Å². The van der Waals surface area contributed by atoms with E-state index in [1.54, 1.807) is 0 Å². The molecule has 2 heteroatoms. The molecule has 0 aliphatic carbocycles. The van der Waals surface area contributed by atoms with Gasteiger partial charge in [0.05, 0.1) is 0 Å². The van der Waals surface area contributed by atoms with E-state index < -0.39 is 0 Å². The van der Waals surface area contributed by atoms with Gasteiger partial charge in [0.1, 0.15) is 0 Å². The van der Waals surface area contributed by atoms with Gasteiger partial charge < -0.3 is 0 Å². The van der Waals surface area contributed by atoms with Crippen LogP contribution < -0.4 is 0 Å². The van der Waals surface area contributed by atoms with E-state index in [0.717, 1.165) is 0 Å². The third-order valence-corrected chi connectivity index (χ3v) is 0. The monoisotopic (exact) mass is 116 g/mol. The average molecular weight is 116 g/mol. The summed E-state index contributed by atoms with van der Waals surface area (Å²) in [6.45, 7) is 0. The van der Waals surface area contributed by atoms with Crippen molar-refractivity contribution in [3.63, 3.8) is 0 Å². The predicted octanol–water partition coefficient (Wildman–Crippen LogP) is 2.08. The molecular formula is C3H17PS. The molecule has 0 nitrogen and oxygen atoms in total. The fourth-order valence-corrected chi connectivity index (χ4v) is 0. The van der Waals surface area contributed by atoms with Crippen LogP contribution >= 0.6 is 23.4 Å². The summed E-state index contributed by atoms with van der Waals surface area (Å²) in [5.41, 5.74) is 0. The van der Waals surface area contributed by atoms with Gasteiger partial charge in [-0.15, -0.1) is 0 Å². The first-order chi connectivity index (χ1) is 0. The van der Waals surface area contributed by atoms with E-state index in [-0.39, 0.29) is 45.7 Å². The van der Waals surface area contributed by atoms with Crippen LogP contribution in [0.25, 0.3) is 0 Å². The molecule has 0 saturated carbocycles. The third-order valence-electron chi connectivity index (χ3n) is 0. The van der Waals surface area contributed by atoms with Crippen LogP contribution in [0.1, 0.15) is 22.3 Å². The van der Waals surface area contributed by atoms with Crippen LogP contribution in [0.2, 0.25) is 0 Å². The maximum atomic E-state index is 0. The van der Waals surface area contributed by atoms with Gasteiger partial charge >= 0.3 is 0 Å². The molecule has 0 aromatic heterocycles. The van der Waals surface area contributed by atoms with Gasteiger partial charge in [0.2, 0.25) is 0 Å². The Morgan fingerprint density at radius 3 is 0.600 bits per heavy atom. The standard InChI is InChI=1S/3CH4.H3P.H2S/h3*1H4;1H3;1H2. The van der Waals surface area contributed by atoms with Crippen molar-refractivity contribution >= 4 is 23.4 Å². The lowest BCUT2D eigenvalue weighted by Gasteiger charge is -0.197. The summed E-state index contributed by atoms with van der Waals surface area (Å²) in [6, 6.07) is 0. The van der Waals surface area contributed by atoms with Crippen molar-refractivity contribution in [1.82, 2.24) is 0 Å². The molecule has 1 unspecified atom stereocenters. The fraction of sp³-hybridized carbons (Fsp3) is 1.00. The van der Waals surface area contributed by atoms with Crippen molar-refractivity contribution in [3.8, 4) is 0 Å². The van der Waals surface area contributed by atoms with E-state index in [9.17, 15) is 0 Å². The molecule has 1 atom stereocenters. The molecule has 0 bridgehead atoms. The van der Waals surface area contributed by atoms with Crippen molar-refractivity contribution in [3.05, 3.63) is 0 Å². The zero-order valence-corrected chi connectivity index (χ0v) is 3.62. The van der Waals surface area contributed by atoms with E-state index in [0.29, 0.717) is 0 Å². The van der Waals surface area contributed by atoms with E-state index in [2.05, 4.69) is 0 Å². The topological polar surface area (TPSA) is 0 Å². The number of hydrogen-bond donors (Lipinski definition) is 0. The second-order valence-electron chi connectivity index (χ2n) is 0. The van der Waals surface area contributed by atoms with Gasteiger partial charge in [0, 0.05) is 0 Å². The molecule has 0 rings (SSSR count). The minimum Gasteiger partial charge on any atom is -0.197 e. The van der Waals surface area contributed by atoms with Crippen molar-refractivity contribution in [2.45, 2.75) is 22.3 Å². The van der Waals surface area contributed by atoms with Crippen molar-refractivity contribution in [2.75, 3.05) is 0 Å². The van der Waals surface area contributed by atoms with Gasteiger partial charge in [0.15, 0.2) is 0 Å². The summed E-state index contributed by atoms with van der Waals surface area (Å²) in [5.74, 6) is 0. The molecule has 0 radical (unpaired) electrons. The Labute approximate surface area is 46.4 Å². The van der Waals surface area contributed by atoms with Crippen LogP contribution in [-0.4, -0.2) is 0 Å². The highest BCUT2D eigenvalue weighted by Crippen LogP contribution is 0.861. The largest absolute Gasteiger partial charge is 0.197 e. The molecule has 0 amide bonds. The maximum absolute atomic E-state index is 0. The molecule has 5 heavy (non-hydrogen) atoms. The zero-order chi connectivity index (χ0) is 0. The zero-order valence-electron chi connectivity index (χ0n) is 1.21. The van der Waals surface area contributed by atoms with Crippen molar-refractivity contribution in [1.29, 1.82) is 0 Å². The predicted molar refractivity (Wildman–Crippen MR) is 41.7 cm³/mol. The van der Waals surface area contributed by atoms with E-state index in [4.69, 9.17) is 0 Å². The first-order valence-corrected chi connectivity index (χ1v) is 0. The Morgan fingerprint density at radius 2 is 0.600 bits per heavy atom. The minimum absolute atomic E-state index is 0. The van der Waals surface area contributed by atoms with E-state index in [1.165, 1.54) is 0 Å². The first kappa shape index (κ1) is 217. The summed E-state index contributed by atoms with van der Waals surface area (Å²) in [6.07, 6.45) is 0. The molecule has 0 fully saturated rings. The van der Waals surface area contributed by atoms with Crippen LogP contribution in [0.5, 0.6) is 0 Å². The molecule has 0 N–H and O–H groups in total. The molecule has 0 aromatic carbocycles. The Morgan fingerprint density at radius 1 is 0.600 bits per heavy atom. The van der Waals surface area contributed by atoms with E-state index >= 15 is 0 Å². The smallest absolute Gasteiger partial charge is 0.0776 e. The number of rotatable bonds is 0. The van der Waals surface area contributed by atoms with Gasteiger partial charge in [-0.05, 0) is 0 Å². The molecule has 0 saturated heterocycles. The van der Waals surface area contributed by atoms with E-state index in [1.807, 2.05) is 0 Å². The molecule has 0 aliphatic heterocycles. The Hall–Kier alpha value is 0.780. The van der Waals surface area contributed by atoms with Gasteiger partial charge in [-0.1, -0.05) is 22.3 Å². The van der Waals surface area contributed by atoms with Gasteiger partial charge in [0.25, 0.3) is 0 Å². The summed E-state index contributed by atoms with van der Waals surface area (Å²) in [7, 11) is 0. The van der Waals surface area contributed by atoms with Crippen LogP contribution in [0.4, 0.5) is 0 Å².